The van der Waals surface area contributed by atoms with Crippen molar-refractivity contribution in [2.24, 2.45) is 0 Å². The Morgan fingerprint density at radius 3 is 2.31 bits per heavy atom. The molecule has 0 radical (unpaired) electrons. The maximum absolute atomic E-state index is 12.5. The summed E-state index contributed by atoms with van der Waals surface area (Å²) in [6, 6.07) is 16.7. The summed E-state index contributed by atoms with van der Waals surface area (Å²) in [6.07, 6.45) is 4.14. The standard InChI is InChI=1S/C24H26N4O4/c1-24(2,3)32-23(30)27-20(16-17-8-6-5-7-9-17)21-25-14-15-28(21)19-12-10-18(11-13-19)26-22(29)31-4/h5-16H,1-4H3,(H,26,29)(H,27,30)/b20-16-. The highest BCUT2D eigenvalue weighted by atomic mass is 16.6. The van der Waals surface area contributed by atoms with Gasteiger partial charge < -0.3 is 9.47 Å². The Morgan fingerprint density at radius 2 is 1.69 bits per heavy atom. The minimum atomic E-state index is -0.639. The summed E-state index contributed by atoms with van der Waals surface area (Å²) < 4.78 is 11.9. The average Bonchev–Trinajstić information content (AvgIpc) is 3.23. The summed E-state index contributed by atoms with van der Waals surface area (Å²) in [5.41, 5.74) is 2.12. The molecule has 32 heavy (non-hydrogen) atoms. The van der Waals surface area contributed by atoms with Crippen LogP contribution in [0.4, 0.5) is 15.3 Å². The second-order valence-corrected chi connectivity index (χ2v) is 7.88. The van der Waals surface area contributed by atoms with Crippen molar-refractivity contribution >= 4 is 29.6 Å². The Labute approximate surface area is 186 Å². The topological polar surface area (TPSA) is 94.5 Å². The highest BCUT2D eigenvalue weighted by molar-refractivity contribution is 5.88. The van der Waals surface area contributed by atoms with Gasteiger partial charge in [0.25, 0.3) is 0 Å². The number of amides is 2. The molecule has 0 unspecified atom stereocenters. The Bertz CT molecular complexity index is 1100. The molecule has 0 spiro atoms. The smallest absolute Gasteiger partial charge is 0.412 e. The van der Waals surface area contributed by atoms with E-state index in [0.29, 0.717) is 17.2 Å². The molecule has 8 nitrogen and oxygen atoms in total. The first-order valence-corrected chi connectivity index (χ1v) is 10.0. The molecule has 8 heteroatoms. The van der Waals surface area contributed by atoms with Crippen LogP contribution in [0, 0.1) is 0 Å². The summed E-state index contributed by atoms with van der Waals surface area (Å²) in [4.78, 5) is 28.4. The van der Waals surface area contributed by atoms with Crippen molar-refractivity contribution in [1.29, 1.82) is 0 Å². The van der Waals surface area contributed by atoms with Gasteiger partial charge in [0, 0.05) is 23.8 Å². The summed E-state index contributed by atoms with van der Waals surface area (Å²) in [6.45, 7) is 5.41. The summed E-state index contributed by atoms with van der Waals surface area (Å²) in [5, 5.41) is 5.43. The number of rotatable bonds is 5. The quantitative estimate of drug-likeness (QED) is 0.584. The third-order valence-electron chi connectivity index (χ3n) is 4.21. The highest BCUT2D eigenvalue weighted by Gasteiger charge is 2.20. The van der Waals surface area contributed by atoms with Crippen LogP contribution in [0.15, 0.2) is 67.0 Å². The number of nitrogens with one attached hydrogen (secondary N) is 2. The molecule has 0 fully saturated rings. The van der Waals surface area contributed by atoms with Crippen LogP contribution in [0.25, 0.3) is 17.5 Å². The number of methoxy groups -OCH3 is 1. The maximum Gasteiger partial charge on any atom is 0.412 e. The van der Waals surface area contributed by atoms with E-state index in [9.17, 15) is 9.59 Å². The summed E-state index contributed by atoms with van der Waals surface area (Å²) in [7, 11) is 1.31. The molecule has 0 atom stereocenters. The number of carbonyl (C=O) groups is 2. The van der Waals surface area contributed by atoms with Gasteiger partial charge in [0.05, 0.1) is 12.8 Å². The fraction of sp³-hybridized carbons (Fsp3) is 0.208. The molecule has 1 heterocycles. The van der Waals surface area contributed by atoms with E-state index >= 15 is 0 Å². The van der Waals surface area contributed by atoms with E-state index in [1.165, 1.54) is 7.11 Å². The average molecular weight is 434 g/mol. The molecule has 0 saturated heterocycles. The predicted octanol–water partition coefficient (Wildman–Crippen LogP) is 5.07. The number of alkyl carbamates (subject to hydrolysis) is 1. The number of imidazole rings is 1. The lowest BCUT2D eigenvalue weighted by atomic mass is 10.2. The fourth-order valence-electron chi connectivity index (χ4n) is 2.87. The molecule has 2 amide bonds. The number of nitrogens with zero attached hydrogens (tertiary/aromatic N) is 2. The number of aromatic nitrogens is 2. The molecule has 0 bridgehead atoms. The lowest BCUT2D eigenvalue weighted by Crippen LogP contribution is -2.32. The van der Waals surface area contributed by atoms with Crippen LogP contribution in [-0.4, -0.2) is 34.4 Å². The van der Waals surface area contributed by atoms with Crippen molar-refractivity contribution in [2.75, 3.05) is 12.4 Å². The minimum absolute atomic E-state index is 0.479. The number of hydrogen-bond donors (Lipinski definition) is 2. The Morgan fingerprint density at radius 1 is 1.00 bits per heavy atom. The third kappa shape index (κ3) is 6.21. The van der Waals surface area contributed by atoms with Crippen LogP contribution in [0.5, 0.6) is 0 Å². The van der Waals surface area contributed by atoms with E-state index in [-0.39, 0.29) is 0 Å². The molecule has 2 N–H and O–H groups in total. The minimum Gasteiger partial charge on any atom is -0.453 e. The zero-order chi connectivity index (χ0) is 23.1. The molecule has 1 aromatic heterocycles. The van der Waals surface area contributed by atoms with Crippen LogP contribution in [0.2, 0.25) is 0 Å². The Hall–Kier alpha value is -4.07. The lowest BCUT2D eigenvalue weighted by molar-refractivity contribution is 0.0558. The van der Waals surface area contributed by atoms with Crippen molar-refractivity contribution < 1.29 is 19.1 Å². The van der Waals surface area contributed by atoms with Gasteiger partial charge in [0.15, 0.2) is 5.82 Å². The zero-order valence-corrected chi connectivity index (χ0v) is 18.5. The van der Waals surface area contributed by atoms with Crippen molar-refractivity contribution in [3.8, 4) is 5.69 Å². The second-order valence-electron chi connectivity index (χ2n) is 7.88. The van der Waals surface area contributed by atoms with E-state index in [1.807, 2.05) is 53.1 Å². The highest BCUT2D eigenvalue weighted by Crippen LogP contribution is 2.21. The SMILES string of the molecule is COC(=O)Nc1ccc(-n2ccnc2/C(=C/c2ccccc2)NC(=O)OC(C)(C)C)cc1. The van der Waals surface area contributed by atoms with Crippen LogP contribution >= 0.6 is 0 Å². The Balaban J connectivity index is 1.95. The summed E-state index contributed by atoms with van der Waals surface area (Å²) in [5.74, 6) is 0.522. The molecule has 0 aliphatic heterocycles. The van der Waals surface area contributed by atoms with Crippen molar-refractivity contribution in [3.63, 3.8) is 0 Å². The monoisotopic (exact) mass is 434 g/mol. The molecule has 0 aliphatic carbocycles. The molecule has 166 valence electrons. The number of carbonyl (C=O) groups excluding carboxylic acids is 2. The van der Waals surface area contributed by atoms with Gasteiger partial charge in [-0.15, -0.1) is 0 Å². The predicted molar refractivity (Wildman–Crippen MR) is 123 cm³/mol. The largest absolute Gasteiger partial charge is 0.453 e. The molecule has 0 aliphatic rings. The first-order valence-electron chi connectivity index (χ1n) is 10.0. The maximum atomic E-state index is 12.5. The van der Waals surface area contributed by atoms with E-state index in [2.05, 4.69) is 20.4 Å². The van der Waals surface area contributed by atoms with Gasteiger partial charge in [-0.25, -0.2) is 14.6 Å². The lowest BCUT2D eigenvalue weighted by Gasteiger charge is -2.21. The number of benzene rings is 2. The van der Waals surface area contributed by atoms with Gasteiger partial charge in [-0.2, -0.15) is 0 Å². The molecular weight excluding hydrogens is 408 g/mol. The summed E-state index contributed by atoms with van der Waals surface area (Å²) >= 11 is 0. The van der Waals surface area contributed by atoms with Crippen LogP contribution < -0.4 is 10.6 Å². The van der Waals surface area contributed by atoms with E-state index in [4.69, 9.17) is 4.74 Å². The van der Waals surface area contributed by atoms with E-state index < -0.39 is 17.8 Å². The molecule has 0 saturated carbocycles. The second kappa shape index (κ2) is 9.82. The van der Waals surface area contributed by atoms with E-state index in [0.717, 1.165) is 11.3 Å². The van der Waals surface area contributed by atoms with Crippen molar-refractivity contribution in [3.05, 3.63) is 78.4 Å². The van der Waals surface area contributed by atoms with Gasteiger partial charge in [0.2, 0.25) is 0 Å². The molecular formula is C24H26N4O4. The van der Waals surface area contributed by atoms with Crippen LogP contribution in [-0.2, 0) is 9.47 Å². The van der Waals surface area contributed by atoms with Crippen molar-refractivity contribution in [2.45, 2.75) is 26.4 Å². The zero-order valence-electron chi connectivity index (χ0n) is 18.5. The molecule has 2 aromatic carbocycles. The number of ether oxygens (including phenoxy) is 2. The number of anilines is 1. The first-order chi connectivity index (χ1) is 15.2. The van der Waals surface area contributed by atoms with Gasteiger partial charge in [-0.1, -0.05) is 30.3 Å². The fourth-order valence-corrected chi connectivity index (χ4v) is 2.87. The molecule has 3 rings (SSSR count). The third-order valence-corrected chi connectivity index (χ3v) is 4.21. The number of hydrogen-bond acceptors (Lipinski definition) is 5. The van der Waals surface area contributed by atoms with E-state index in [1.54, 1.807) is 45.3 Å². The van der Waals surface area contributed by atoms with Gasteiger partial charge in [0.1, 0.15) is 5.60 Å². The van der Waals surface area contributed by atoms with Crippen molar-refractivity contribution in [1.82, 2.24) is 14.9 Å². The van der Waals surface area contributed by atoms with Crippen LogP contribution in [0.1, 0.15) is 32.2 Å². The van der Waals surface area contributed by atoms with Gasteiger partial charge in [-0.05, 0) is 56.7 Å². The normalized spacial score (nSPS) is 11.6. The van der Waals surface area contributed by atoms with Gasteiger partial charge >= 0.3 is 12.2 Å². The molecule has 3 aromatic rings. The van der Waals surface area contributed by atoms with Crippen LogP contribution in [0.3, 0.4) is 0 Å². The first kappa shape index (κ1) is 22.6. The van der Waals surface area contributed by atoms with Gasteiger partial charge in [-0.3, -0.25) is 15.2 Å². The Kier molecular flexibility index (Phi) is 6.94.